The van der Waals surface area contributed by atoms with E-state index in [9.17, 15) is 4.79 Å². The molecule has 1 amide bonds. The molecular formula is C22H32N6O2S. The number of amides is 1. The molecule has 4 rings (SSSR count). The Morgan fingerprint density at radius 2 is 2.23 bits per heavy atom. The van der Waals surface area contributed by atoms with E-state index in [0.29, 0.717) is 35.5 Å². The van der Waals surface area contributed by atoms with Gasteiger partial charge in [-0.25, -0.2) is 14.8 Å². The molecule has 31 heavy (non-hydrogen) atoms. The number of terminal acetylenes is 1. The van der Waals surface area contributed by atoms with Crippen LogP contribution >= 0.6 is 11.3 Å². The van der Waals surface area contributed by atoms with Crippen molar-refractivity contribution in [3.8, 4) is 23.0 Å². The Bertz CT molecular complexity index is 1150. The second-order valence-electron chi connectivity index (χ2n) is 8.33. The molecule has 1 aliphatic carbocycles. The van der Waals surface area contributed by atoms with Crippen molar-refractivity contribution < 1.29 is 15.2 Å². The molecule has 168 valence electrons. The number of rotatable bonds is 6. The molecule has 3 heterocycles. The van der Waals surface area contributed by atoms with Gasteiger partial charge in [0.15, 0.2) is 17.5 Å². The predicted octanol–water partition coefficient (Wildman–Crippen LogP) is 5.54. The average Bonchev–Trinajstić information content (AvgIpc) is 3.27. The molecule has 1 fully saturated rings. The summed E-state index contributed by atoms with van der Waals surface area (Å²) in [6, 6.07) is 5.84. The van der Waals surface area contributed by atoms with E-state index >= 15 is 0 Å². The zero-order valence-corrected chi connectivity index (χ0v) is 18.5. The number of aromatic amines is 1. The molecule has 1 aliphatic rings. The van der Waals surface area contributed by atoms with Gasteiger partial charge in [0.25, 0.3) is 0 Å². The summed E-state index contributed by atoms with van der Waals surface area (Å²) in [6.07, 6.45) is 9.18. The van der Waals surface area contributed by atoms with Crippen LogP contribution in [-0.4, -0.2) is 31.9 Å². The topological polar surface area (TPSA) is 105 Å². The molecule has 3 aromatic rings. The Labute approximate surface area is 190 Å². The molecule has 0 aromatic carbocycles. The quantitative estimate of drug-likeness (QED) is 0.431. The Balaban J connectivity index is 0.00000289. The lowest BCUT2D eigenvalue weighted by molar-refractivity contribution is 0.0524. The summed E-state index contributed by atoms with van der Waals surface area (Å²) >= 11 is 1.49. The molecule has 3 N–H and O–H groups in total. The van der Waals surface area contributed by atoms with Crippen LogP contribution in [0.3, 0.4) is 0 Å². The number of anilines is 2. The lowest BCUT2D eigenvalue weighted by Gasteiger charge is -2.19. The number of nitrogens with one attached hydrogen (secondary N) is 3. The highest BCUT2D eigenvalue weighted by Crippen LogP contribution is 2.39. The first-order chi connectivity index (χ1) is 14.8. The van der Waals surface area contributed by atoms with Crippen molar-refractivity contribution in [3.63, 3.8) is 0 Å². The Hall–Kier alpha value is -3.38. The molecule has 0 aliphatic heterocycles. The molecule has 0 unspecified atom stereocenters. The van der Waals surface area contributed by atoms with Crippen LogP contribution in [0, 0.1) is 12.3 Å². The first kappa shape index (κ1) is 20.9. The van der Waals surface area contributed by atoms with E-state index in [-0.39, 0.29) is 5.71 Å². The normalized spacial score (nSPS) is 13.5. The predicted molar refractivity (Wildman–Crippen MR) is 129 cm³/mol. The number of hydrogen-bond donors (Lipinski definition) is 3. The number of ether oxygens (including phenoxy) is 1. The maximum atomic E-state index is 11.9. The smallest absolute Gasteiger partial charge is 0.407 e. The van der Waals surface area contributed by atoms with Crippen molar-refractivity contribution in [2.75, 3.05) is 5.32 Å². The van der Waals surface area contributed by atoms with Gasteiger partial charge in [-0.15, -0.1) is 17.8 Å². The third kappa shape index (κ3) is 5.41. The molecule has 1 saturated carbocycles. The zero-order valence-electron chi connectivity index (χ0n) is 17.7. The maximum Gasteiger partial charge on any atom is 0.407 e. The fraction of sp³-hybridized carbons (Fsp3) is 0.364. The third-order valence-corrected chi connectivity index (χ3v) is 5.57. The lowest BCUT2D eigenvalue weighted by atomic mass is 10.2. The standard InChI is InChI=1S/C22H24N6O2S.4H2/c1-5-13-11-23-20(26-19(13)25-18-10-16(27-28-18)14-6-7-14)17-9-8-15(31-17)12-24-21(29)30-22(2,3)4;;;;/h1,8-11,14H,6-7,12H2,2-4H3,(H,24,29)(H2,23,25,26,27,28);4*1H. The van der Waals surface area contributed by atoms with Crippen LogP contribution in [0.1, 0.15) is 61.4 Å². The number of nitrogens with zero attached hydrogens (tertiary/aromatic N) is 3. The number of thiophene rings is 1. The van der Waals surface area contributed by atoms with Gasteiger partial charge in [0.05, 0.1) is 17.0 Å². The molecule has 0 spiro atoms. The summed E-state index contributed by atoms with van der Waals surface area (Å²) < 4.78 is 5.26. The van der Waals surface area contributed by atoms with E-state index in [1.54, 1.807) is 6.20 Å². The van der Waals surface area contributed by atoms with Crippen molar-refractivity contribution in [2.45, 2.75) is 51.7 Å². The van der Waals surface area contributed by atoms with E-state index in [1.807, 2.05) is 39.0 Å². The summed E-state index contributed by atoms with van der Waals surface area (Å²) in [5.41, 5.74) is 1.15. The molecule has 0 radical (unpaired) electrons. The van der Waals surface area contributed by atoms with Gasteiger partial charge in [-0.1, -0.05) is 5.92 Å². The van der Waals surface area contributed by atoms with Crippen LogP contribution in [0.25, 0.3) is 10.7 Å². The van der Waals surface area contributed by atoms with Crippen LogP contribution < -0.4 is 10.6 Å². The second-order valence-corrected chi connectivity index (χ2v) is 9.50. The van der Waals surface area contributed by atoms with E-state index in [0.717, 1.165) is 15.4 Å². The maximum absolute atomic E-state index is 11.9. The Morgan fingerprint density at radius 1 is 1.42 bits per heavy atom. The van der Waals surface area contributed by atoms with Crippen LogP contribution in [0.4, 0.5) is 16.4 Å². The first-order valence-corrected chi connectivity index (χ1v) is 10.8. The minimum absolute atomic E-state index is 0. The van der Waals surface area contributed by atoms with Crippen LogP contribution in [0.5, 0.6) is 0 Å². The zero-order chi connectivity index (χ0) is 22.0. The van der Waals surface area contributed by atoms with Crippen LogP contribution in [0.2, 0.25) is 0 Å². The third-order valence-electron chi connectivity index (χ3n) is 4.49. The van der Waals surface area contributed by atoms with Gasteiger partial charge >= 0.3 is 6.09 Å². The summed E-state index contributed by atoms with van der Waals surface area (Å²) in [7, 11) is 0. The van der Waals surface area contributed by atoms with Gasteiger partial charge in [-0.05, 0) is 45.7 Å². The summed E-state index contributed by atoms with van der Waals surface area (Å²) in [6.45, 7) is 5.85. The Kier molecular flexibility index (Phi) is 5.65. The molecule has 3 aromatic heterocycles. The van der Waals surface area contributed by atoms with E-state index < -0.39 is 11.7 Å². The highest BCUT2D eigenvalue weighted by molar-refractivity contribution is 7.15. The highest BCUT2D eigenvalue weighted by Gasteiger charge is 2.25. The second kappa shape index (κ2) is 8.40. The van der Waals surface area contributed by atoms with Crippen molar-refractivity contribution in [1.29, 1.82) is 0 Å². The van der Waals surface area contributed by atoms with E-state index in [4.69, 9.17) is 11.2 Å². The molecular weight excluding hydrogens is 412 g/mol. The van der Waals surface area contributed by atoms with Gasteiger partial charge in [-0.3, -0.25) is 5.10 Å². The number of carbonyl (C=O) groups is 1. The van der Waals surface area contributed by atoms with Gasteiger partial charge < -0.3 is 15.4 Å². The van der Waals surface area contributed by atoms with Gasteiger partial charge in [-0.2, -0.15) is 5.10 Å². The summed E-state index contributed by atoms with van der Waals surface area (Å²) in [5, 5.41) is 13.3. The molecule has 0 saturated heterocycles. The number of aromatic nitrogens is 4. The Morgan fingerprint density at radius 3 is 2.94 bits per heavy atom. The van der Waals surface area contributed by atoms with Gasteiger partial charge in [0.1, 0.15) is 5.60 Å². The number of alkyl carbamates (subject to hydrolysis) is 1. The van der Waals surface area contributed by atoms with Crippen molar-refractivity contribution in [2.24, 2.45) is 0 Å². The number of H-pyrrole nitrogens is 1. The van der Waals surface area contributed by atoms with Gasteiger partial charge in [0, 0.05) is 34.5 Å². The van der Waals surface area contributed by atoms with Crippen molar-refractivity contribution >= 4 is 29.1 Å². The van der Waals surface area contributed by atoms with Crippen LogP contribution in [-0.2, 0) is 11.3 Å². The fourth-order valence-corrected chi connectivity index (χ4v) is 3.78. The number of hydrogen-bond acceptors (Lipinski definition) is 7. The largest absolute Gasteiger partial charge is 0.444 e. The monoisotopic (exact) mass is 444 g/mol. The minimum Gasteiger partial charge on any atom is -0.444 e. The minimum atomic E-state index is -0.533. The molecule has 8 nitrogen and oxygen atoms in total. The van der Waals surface area contributed by atoms with Gasteiger partial charge in [0.2, 0.25) is 0 Å². The summed E-state index contributed by atoms with van der Waals surface area (Å²) in [4.78, 5) is 22.7. The van der Waals surface area contributed by atoms with E-state index in [1.165, 1.54) is 24.2 Å². The van der Waals surface area contributed by atoms with E-state index in [2.05, 4.69) is 36.7 Å². The lowest BCUT2D eigenvalue weighted by Crippen LogP contribution is -2.31. The van der Waals surface area contributed by atoms with Crippen molar-refractivity contribution in [3.05, 3.63) is 40.5 Å². The van der Waals surface area contributed by atoms with Crippen molar-refractivity contribution in [1.82, 2.24) is 25.5 Å². The highest BCUT2D eigenvalue weighted by atomic mass is 32.1. The molecule has 0 atom stereocenters. The fourth-order valence-electron chi connectivity index (χ4n) is 2.89. The van der Waals surface area contributed by atoms with Crippen LogP contribution in [0.15, 0.2) is 24.4 Å². The number of carbonyl (C=O) groups excluding carboxylic acids is 1. The average molecular weight is 445 g/mol. The SMILES string of the molecule is C#Cc1cnc(-c2ccc(CNC(=O)OC(C)(C)C)s2)nc1Nc1cc(C2CC2)[nH]n1.[HH].[HH].[HH].[HH]. The first-order valence-electron chi connectivity index (χ1n) is 10.0. The summed E-state index contributed by atoms with van der Waals surface area (Å²) in [5.74, 6) is 4.95. The molecule has 9 heteroatoms. The molecule has 0 bridgehead atoms.